The van der Waals surface area contributed by atoms with E-state index in [1.54, 1.807) is 0 Å². The van der Waals surface area contributed by atoms with Crippen LogP contribution in [-0.4, -0.2) is 78.6 Å². The summed E-state index contributed by atoms with van der Waals surface area (Å²) in [6.07, 6.45) is 2.29. The molecule has 1 saturated carbocycles. The van der Waals surface area contributed by atoms with Gasteiger partial charge >= 0.3 is 5.97 Å². The topological polar surface area (TPSA) is 107 Å². The number of amides is 1. The number of hydrogen-bond acceptors (Lipinski definition) is 5. The highest BCUT2D eigenvalue weighted by atomic mass is 32.2. The maximum absolute atomic E-state index is 11.9. The van der Waals surface area contributed by atoms with Crippen LogP contribution in [0.15, 0.2) is 0 Å². The normalized spacial score (nSPS) is 26.9. The van der Waals surface area contributed by atoms with E-state index in [0.29, 0.717) is 19.5 Å². The Morgan fingerprint density at radius 3 is 2.57 bits per heavy atom. The lowest BCUT2D eigenvalue weighted by Gasteiger charge is -2.42. The van der Waals surface area contributed by atoms with Gasteiger partial charge in [-0.2, -0.15) is 0 Å². The van der Waals surface area contributed by atoms with Crippen molar-refractivity contribution < 1.29 is 23.1 Å². The van der Waals surface area contributed by atoms with Crippen molar-refractivity contribution in [3.63, 3.8) is 0 Å². The van der Waals surface area contributed by atoms with E-state index in [0.717, 1.165) is 12.8 Å². The van der Waals surface area contributed by atoms with Gasteiger partial charge in [0.05, 0.1) is 12.3 Å². The zero-order chi connectivity index (χ0) is 17.0. The molecule has 1 amide bonds. The van der Waals surface area contributed by atoms with Gasteiger partial charge < -0.3 is 10.4 Å². The first-order chi connectivity index (χ1) is 10.8. The van der Waals surface area contributed by atoms with Crippen molar-refractivity contribution in [1.29, 1.82) is 0 Å². The molecule has 2 fully saturated rings. The molecule has 1 aliphatic carbocycles. The van der Waals surface area contributed by atoms with Gasteiger partial charge in [0.15, 0.2) is 0 Å². The van der Waals surface area contributed by atoms with E-state index < -0.39 is 16.0 Å². The Kier molecular flexibility index (Phi) is 5.99. The van der Waals surface area contributed by atoms with Crippen molar-refractivity contribution in [3.05, 3.63) is 0 Å². The van der Waals surface area contributed by atoms with Crippen molar-refractivity contribution in [2.75, 3.05) is 31.9 Å². The fourth-order valence-electron chi connectivity index (χ4n) is 3.15. The molecule has 0 aromatic carbocycles. The molecule has 1 heterocycles. The van der Waals surface area contributed by atoms with E-state index >= 15 is 0 Å². The third kappa shape index (κ3) is 4.89. The SMILES string of the molecule is CCN(CC(=O)O)C1CC(NC(=O)CCN2CCCS2(=O)=O)C1. The van der Waals surface area contributed by atoms with Crippen LogP contribution in [0, 0.1) is 0 Å². The van der Waals surface area contributed by atoms with Crippen LogP contribution in [0.1, 0.15) is 32.6 Å². The lowest BCUT2D eigenvalue weighted by atomic mass is 9.85. The van der Waals surface area contributed by atoms with Gasteiger partial charge in [0, 0.05) is 31.6 Å². The summed E-state index contributed by atoms with van der Waals surface area (Å²) >= 11 is 0. The minimum atomic E-state index is -3.15. The number of carboxylic acids is 1. The third-order valence-electron chi connectivity index (χ3n) is 4.53. The Hall–Kier alpha value is -1.19. The summed E-state index contributed by atoms with van der Waals surface area (Å²) in [5, 5.41) is 11.7. The van der Waals surface area contributed by atoms with E-state index in [9.17, 15) is 18.0 Å². The smallest absolute Gasteiger partial charge is 0.317 e. The molecule has 9 heteroatoms. The van der Waals surface area contributed by atoms with Crippen molar-refractivity contribution in [3.8, 4) is 0 Å². The highest BCUT2D eigenvalue weighted by Crippen LogP contribution is 2.25. The molecule has 0 atom stereocenters. The third-order valence-corrected chi connectivity index (χ3v) is 6.49. The highest BCUT2D eigenvalue weighted by molar-refractivity contribution is 7.89. The van der Waals surface area contributed by atoms with E-state index in [-0.39, 0.29) is 43.3 Å². The highest BCUT2D eigenvalue weighted by Gasteiger charge is 2.35. The van der Waals surface area contributed by atoms with Gasteiger partial charge in [0.1, 0.15) is 0 Å². The van der Waals surface area contributed by atoms with Gasteiger partial charge in [-0.1, -0.05) is 6.92 Å². The molecular formula is C14H25N3O5S. The van der Waals surface area contributed by atoms with Gasteiger partial charge in [0.2, 0.25) is 15.9 Å². The number of nitrogens with zero attached hydrogens (tertiary/aromatic N) is 2. The second-order valence-corrected chi connectivity index (χ2v) is 8.25. The maximum Gasteiger partial charge on any atom is 0.317 e. The summed E-state index contributed by atoms with van der Waals surface area (Å²) in [4.78, 5) is 24.6. The Labute approximate surface area is 136 Å². The molecular weight excluding hydrogens is 322 g/mol. The van der Waals surface area contributed by atoms with E-state index in [1.165, 1.54) is 4.31 Å². The minimum absolute atomic E-state index is 0.0225. The van der Waals surface area contributed by atoms with Gasteiger partial charge in [-0.05, 0) is 25.8 Å². The molecule has 0 unspecified atom stereocenters. The molecule has 2 rings (SSSR count). The Balaban J connectivity index is 1.67. The monoisotopic (exact) mass is 347 g/mol. The van der Waals surface area contributed by atoms with Gasteiger partial charge in [-0.3, -0.25) is 14.5 Å². The molecule has 0 spiro atoms. The summed E-state index contributed by atoms with van der Waals surface area (Å²) in [5.74, 6) is -0.807. The summed E-state index contributed by atoms with van der Waals surface area (Å²) in [7, 11) is -3.15. The first-order valence-electron chi connectivity index (χ1n) is 8.05. The number of sulfonamides is 1. The van der Waals surface area contributed by atoms with Crippen LogP contribution in [0.2, 0.25) is 0 Å². The van der Waals surface area contributed by atoms with Crippen molar-refractivity contribution in [2.24, 2.45) is 0 Å². The summed E-state index contributed by atoms with van der Waals surface area (Å²) in [6, 6.07) is 0.255. The average molecular weight is 347 g/mol. The molecule has 8 nitrogen and oxygen atoms in total. The summed E-state index contributed by atoms with van der Waals surface area (Å²) < 4.78 is 24.7. The van der Waals surface area contributed by atoms with Gasteiger partial charge in [-0.15, -0.1) is 0 Å². The number of carbonyl (C=O) groups is 2. The van der Waals surface area contributed by atoms with Crippen LogP contribution in [0.4, 0.5) is 0 Å². The van der Waals surface area contributed by atoms with Crippen LogP contribution >= 0.6 is 0 Å². The minimum Gasteiger partial charge on any atom is -0.480 e. The summed E-state index contributed by atoms with van der Waals surface area (Å²) in [5.41, 5.74) is 0. The number of carbonyl (C=O) groups excluding carboxylic acids is 1. The lowest BCUT2D eigenvalue weighted by molar-refractivity contribution is -0.139. The zero-order valence-corrected chi connectivity index (χ0v) is 14.2. The molecule has 1 saturated heterocycles. The van der Waals surface area contributed by atoms with E-state index in [1.807, 2.05) is 11.8 Å². The first-order valence-corrected chi connectivity index (χ1v) is 9.65. The fourth-order valence-corrected chi connectivity index (χ4v) is 4.67. The van der Waals surface area contributed by atoms with Crippen molar-refractivity contribution >= 4 is 21.9 Å². The molecule has 0 radical (unpaired) electrons. The molecule has 0 aromatic heterocycles. The lowest BCUT2D eigenvalue weighted by Crippen LogP contribution is -2.55. The van der Waals surface area contributed by atoms with Crippen LogP contribution in [0.25, 0.3) is 0 Å². The zero-order valence-electron chi connectivity index (χ0n) is 13.4. The number of rotatable bonds is 8. The maximum atomic E-state index is 11.9. The first kappa shape index (κ1) is 18.2. The fraction of sp³-hybridized carbons (Fsp3) is 0.857. The Morgan fingerprint density at radius 1 is 1.35 bits per heavy atom. The predicted molar refractivity (Wildman–Crippen MR) is 84.4 cm³/mol. The molecule has 23 heavy (non-hydrogen) atoms. The van der Waals surface area contributed by atoms with E-state index in [4.69, 9.17) is 5.11 Å². The Bertz CT molecular complexity index is 545. The van der Waals surface area contributed by atoms with Crippen molar-refractivity contribution in [2.45, 2.75) is 44.7 Å². The number of nitrogens with one attached hydrogen (secondary N) is 1. The molecule has 2 aliphatic rings. The standard InChI is InChI=1S/C14H25N3O5S/c1-2-16(10-14(19)20)12-8-11(9-12)15-13(18)4-6-17-5-3-7-23(17,21)22/h11-12H,2-10H2,1H3,(H,15,18)(H,19,20). The second-order valence-electron chi connectivity index (χ2n) is 6.17. The largest absolute Gasteiger partial charge is 0.480 e. The molecule has 0 aromatic rings. The number of likely N-dealkylation sites (N-methyl/N-ethyl adjacent to an activating group) is 1. The van der Waals surface area contributed by atoms with Crippen LogP contribution in [0.3, 0.4) is 0 Å². The van der Waals surface area contributed by atoms with Crippen LogP contribution < -0.4 is 5.32 Å². The second kappa shape index (κ2) is 7.59. The number of aliphatic carboxylic acids is 1. The molecule has 1 aliphatic heterocycles. The van der Waals surface area contributed by atoms with Crippen LogP contribution in [-0.2, 0) is 19.6 Å². The van der Waals surface area contributed by atoms with Crippen molar-refractivity contribution in [1.82, 2.24) is 14.5 Å². The molecule has 2 N–H and O–H groups in total. The van der Waals surface area contributed by atoms with Crippen LogP contribution in [0.5, 0.6) is 0 Å². The quantitative estimate of drug-likeness (QED) is 0.611. The molecule has 132 valence electrons. The van der Waals surface area contributed by atoms with E-state index in [2.05, 4.69) is 5.32 Å². The predicted octanol–water partition coefficient (Wildman–Crippen LogP) is -0.534. The van der Waals surface area contributed by atoms with Gasteiger partial charge in [-0.25, -0.2) is 12.7 Å². The molecule has 0 bridgehead atoms. The number of carboxylic acid groups (broad SMARTS) is 1. The average Bonchev–Trinajstić information content (AvgIpc) is 2.76. The number of hydrogen-bond donors (Lipinski definition) is 2. The summed E-state index contributed by atoms with van der Waals surface area (Å²) in [6.45, 7) is 3.36. The Morgan fingerprint density at radius 2 is 2.04 bits per heavy atom. The van der Waals surface area contributed by atoms with Gasteiger partial charge in [0.25, 0.3) is 0 Å².